The SMILES string of the molecule is O=C(O)c1s[c]nc1-c1ccccc1. The van der Waals surface area contributed by atoms with Gasteiger partial charge in [-0.1, -0.05) is 30.3 Å². The van der Waals surface area contributed by atoms with E-state index in [1.165, 1.54) is 0 Å². The van der Waals surface area contributed by atoms with Crippen LogP contribution in [0.3, 0.4) is 0 Å². The topological polar surface area (TPSA) is 50.2 Å². The first kappa shape index (κ1) is 8.90. The van der Waals surface area contributed by atoms with Crippen molar-refractivity contribution in [1.29, 1.82) is 0 Å². The minimum atomic E-state index is -0.956. The standard InChI is InChI=1S/C10H6NO2S/c12-10(13)9-8(11-6-14-9)7-4-2-1-3-5-7/h1-5H,(H,12,13). The number of aromatic carboxylic acids is 1. The maximum absolute atomic E-state index is 10.8. The van der Waals surface area contributed by atoms with Gasteiger partial charge in [0.1, 0.15) is 4.88 Å². The number of rotatable bonds is 2. The van der Waals surface area contributed by atoms with Gasteiger partial charge in [0, 0.05) is 5.56 Å². The van der Waals surface area contributed by atoms with E-state index in [4.69, 9.17) is 5.11 Å². The van der Waals surface area contributed by atoms with Crippen molar-refractivity contribution in [2.24, 2.45) is 0 Å². The summed E-state index contributed by atoms with van der Waals surface area (Å²) in [5.74, 6) is -0.956. The Hall–Kier alpha value is -1.68. The second kappa shape index (κ2) is 3.59. The lowest BCUT2D eigenvalue weighted by Gasteiger charge is -1.97. The molecule has 0 bridgehead atoms. The third-order valence-electron chi connectivity index (χ3n) is 1.76. The van der Waals surface area contributed by atoms with Gasteiger partial charge in [-0.15, -0.1) is 11.3 Å². The highest BCUT2D eigenvalue weighted by atomic mass is 32.1. The van der Waals surface area contributed by atoms with Crippen LogP contribution < -0.4 is 0 Å². The molecular weight excluding hydrogens is 198 g/mol. The zero-order valence-corrected chi connectivity index (χ0v) is 7.91. The molecule has 0 aliphatic heterocycles. The van der Waals surface area contributed by atoms with Crippen LogP contribution in [0.2, 0.25) is 0 Å². The fourth-order valence-electron chi connectivity index (χ4n) is 1.15. The number of aromatic nitrogens is 1. The molecule has 0 saturated heterocycles. The number of benzene rings is 1. The van der Waals surface area contributed by atoms with E-state index in [1.54, 1.807) is 0 Å². The van der Waals surface area contributed by atoms with E-state index in [-0.39, 0.29) is 4.88 Å². The Bertz CT molecular complexity index is 450. The molecule has 3 nitrogen and oxygen atoms in total. The molecule has 0 aliphatic carbocycles. The van der Waals surface area contributed by atoms with Crippen molar-refractivity contribution >= 4 is 17.3 Å². The summed E-state index contributed by atoms with van der Waals surface area (Å²) in [5.41, 5.74) is 3.89. The molecule has 0 fully saturated rings. The third kappa shape index (κ3) is 1.52. The van der Waals surface area contributed by atoms with Crippen molar-refractivity contribution in [1.82, 2.24) is 4.98 Å². The summed E-state index contributed by atoms with van der Waals surface area (Å²) in [5, 5.41) is 8.87. The van der Waals surface area contributed by atoms with Crippen LogP contribution >= 0.6 is 11.3 Å². The Morgan fingerprint density at radius 1 is 1.36 bits per heavy atom. The Morgan fingerprint density at radius 3 is 2.71 bits per heavy atom. The summed E-state index contributed by atoms with van der Waals surface area (Å²) in [6.07, 6.45) is 0. The molecule has 1 aromatic heterocycles. The first-order valence-corrected chi connectivity index (χ1v) is 4.76. The van der Waals surface area contributed by atoms with Crippen LogP contribution in [0, 0.1) is 5.51 Å². The maximum Gasteiger partial charge on any atom is 0.348 e. The molecule has 0 saturated carbocycles. The molecule has 69 valence electrons. The minimum absolute atomic E-state index is 0.233. The van der Waals surface area contributed by atoms with E-state index in [9.17, 15) is 4.79 Å². The molecule has 2 aromatic rings. The number of hydrogen-bond acceptors (Lipinski definition) is 3. The summed E-state index contributed by atoms with van der Waals surface area (Å²) >= 11 is 1.02. The van der Waals surface area contributed by atoms with Crippen LogP contribution in [0.25, 0.3) is 11.3 Å². The molecule has 0 aliphatic rings. The van der Waals surface area contributed by atoms with Gasteiger partial charge in [-0.05, 0) is 0 Å². The second-order valence-corrected chi connectivity index (χ2v) is 3.45. The monoisotopic (exact) mass is 204 g/mol. The number of hydrogen-bond donors (Lipinski definition) is 1. The van der Waals surface area contributed by atoms with E-state index < -0.39 is 5.97 Å². The molecule has 0 atom stereocenters. The summed E-state index contributed by atoms with van der Waals surface area (Å²) < 4.78 is 0. The van der Waals surface area contributed by atoms with Crippen LogP contribution in [-0.4, -0.2) is 16.1 Å². The van der Waals surface area contributed by atoms with E-state index in [2.05, 4.69) is 10.5 Å². The Labute approximate surface area is 84.7 Å². The van der Waals surface area contributed by atoms with Crippen LogP contribution in [0.1, 0.15) is 9.67 Å². The number of carboxylic acids is 1. The van der Waals surface area contributed by atoms with E-state index >= 15 is 0 Å². The lowest BCUT2D eigenvalue weighted by atomic mass is 10.1. The summed E-state index contributed by atoms with van der Waals surface area (Å²) in [7, 11) is 0. The van der Waals surface area contributed by atoms with Crippen LogP contribution in [0.4, 0.5) is 0 Å². The molecule has 0 amide bonds. The number of thiazole rings is 1. The normalized spacial score (nSPS) is 10.0. The van der Waals surface area contributed by atoms with Gasteiger partial charge in [0.2, 0.25) is 0 Å². The molecular formula is C10H6NO2S. The zero-order valence-electron chi connectivity index (χ0n) is 7.10. The quantitative estimate of drug-likeness (QED) is 0.816. The third-order valence-corrected chi connectivity index (χ3v) is 2.52. The smallest absolute Gasteiger partial charge is 0.348 e. The van der Waals surface area contributed by atoms with Crippen LogP contribution in [0.5, 0.6) is 0 Å². The van der Waals surface area contributed by atoms with Crippen molar-refractivity contribution < 1.29 is 9.90 Å². The average molecular weight is 204 g/mol. The van der Waals surface area contributed by atoms with Crippen molar-refractivity contribution in [2.75, 3.05) is 0 Å². The van der Waals surface area contributed by atoms with Gasteiger partial charge in [-0.3, -0.25) is 0 Å². The van der Waals surface area contributed by atoms with Gasteiger partial charge in [0.15, 0.2) is 5.51 Å². The first-order chi connectivity index (χ1) is 6.79. The molecule has 0 spiro atoms. The molecule has 0 unspecified atom stereocenters. The second-order valence-electron chi connectivity index (χ2n) is 2.65. The molecule has 1 heterocycles. The molecule has 1 N–H and O–H groups in total. The highest BCUT2D eigenvalue weighted by molar-refractivity contribution is 7.11. The van der Waals surface area contributed by atoms with Crippen molar-refractivity contribution in [3.05, 3.63) is 40.7 Å². The van der Waals surface area contributed by atoms with Crippen LogP contribution in [-0.2, 0) is 0 Å². The molecule has 1 radical (unpaired) electrons. The van der Waals surface area contributed by atoms with Gasteiger partial charge < -0.3 is 5.11 Å². The largest absolute Gasteiger partial charge is 0.477 e. The Balaban J connectivity index is 2.52. The summed E-state index contributed by atoms with van der Waals surface area (Å²) in [6, 6.07) is 9.23. The van der Waals surface area contributed by atoms with Gasteiger partial charge in [0.05, 0.1) is 5.69 Å². The van der Waals surface area contributed by atoms with E-state index in [1.807, 2.05) is 30.3 Å². The Kier molecular flexibility index (Phi) is 2.28. The molecule has 14 heavy (non-hydrogen) atoms. The van der Waals surface area contributed by atoms with E-state index in [0.29, 0.717) is 5.69 Å². The summed E-state index contributed by atoms with van der Waals surface area (Å²) in [6.45, 7) is 0. The average Bonchev–Trinajstić information content (AvgIpc) is 2.67. The highest BCUT2D eigenvalue weighted by Crippen LogP contribution is 2.24. The lowest BCUT2D eigenvalue weighted by molar-refractivity contribution is 0.0702. The number of carbonyl (C=O) groups is 1. The molecule has 1 aromatic carbocycles. The number of nitrogens with zero attached hydrogens (tertiary/aromatic N) is 1. The predicted molar refractivity (Wildman–Crippen MR) is 53.3 cm³/mol. The number of carboxylic acid groups (broad SMARTS) is 1. The highest BCUT2D eigenvalue weighted by Gasteiger charge is 2.14. The maximum atomic E-state index is 10.8. The lowest BCUT2D eigenvalue weighted by Crippen LogP contribution is -1.95. The van der Waals surface area contributed by atoms with Gasteiger partial charge in [0.25, 0.3) is 0 Å². The van der Waals surface area contributed by atoms with Gasteiger partial charge >= 0.3 is 5.97 Å². The first-order valence-electron chi connectivity index (χ1n) is 3.94. The summed E-state index contributed by atoms with van der Waals surface area (Å²) in [4.78, 5) is 15.0. The van der Waals surface area contributed by atoms with Crippen molar-refractivity contribution in [2.45, 2.75) is 0 Å². The predicted octanol–water partition coefficient (Wildman–Crippen LogP) is 2.31. The fraction of sp³-hybridized carbons (Fsp3) is 0. The molecule has 4 heteroatoms. The van der Waals surface area contributed by atoms with Crippen LogP contribution in [0.15, 0.2) is 30.3 Å². The Morgan fingerprint density at radius 2 is 2.07 bits per heavy atom. The van der Waals surface area contributed by atoms with Crippen molar-refractivity contribution in [3.63, 3.8) is 0 Å². The fourth-order valence-corrected chi connectivity index (χ4v) is 1.73. The van der Waals surface area contributed by atoms with Gasteiger partial charge in [-0.25, -0.2) is 9.78 Å². The minimum Gasteiger partial charge on any atom is -0.477 e. The van der Waals surface area contributed by atoms with E-state index in [0.717, 1.165) is 16.9 Å². The zero-order chi connectivity index (χ0) is 9.97. The van der Waals surface area contributed by atoms with Crippen molar-refractivity contribution in [3.8, 4) is 11.3 Å². The van der Waals surface area contributed by atoms with Gasteiger partial charge in [-0.2, -0.15) is 0 Å². The molecule has 2 rings (SSSR count).